The van der Waals surface area contributed by atoms with Gasteiger partial charge < -0.3 is 9.13 Å². The van der Waals surface area contributed by atoms with Crippen LogP contribution in [0.1, 0.15) is 63.9 Å². The third-order valence-corrected chi connectivity index (χ3v) is 6.90. The topological polar surface area (TPSA) is 38.9 Å². The molecule has 2 saturated heterocycles. The second-order valence-corrected chi connectivity index (χ2v) is 8.83. The first-order valence-electron chi connectivity index (χ1n) is 10.9. The molecule has 28 heavy (non-hydrogen) atoms. The molecule has 0 saturated carbocycles. The number of benzene rings is 1. The highest BCUT2D eigenvalue weighted by Gasteiger charge is 2.43. The molecule has 148 valence electrons. The first-order chi connectivity index (χ1) is 13.7. The zero-order chi connectivity index (χ0) is 19.1. The molecule has 0 radical (unpaired) electrons. The van der Waals surface area contributed by atoms with Crippen molar-refractivity contribution in [1.82, 2.24) is 24.2 Å². The molecular weight excluding hydrogens is 346 g/mol. The Morgan fingerprint density at radius 3 is 2.89 bits per heavy atom. The molecule has 5 nitrogen and oxygen atoms in total. The van der Waals surface area contributed by atoms with Gasteiger partial charge in [-0.25, -0.2) is 0 Å². The molecule has 2 aliphatic rings. The fourth-order valence-corrected chi connectivity index (χ4v) is 5.61. The van der Waals surface area contributed by atoms with Crippen molar-refractivity contribution in [3.05, 3.63) is 48.7 Å². The summed E-state index contributed by atoms with van der Waals surface area (Å²) in [5.41, 5.74) is 1.39. The number of hydrogen-bond acceptors (Lipinski definition) is 3. The second kappa shape index (κ2) is 7.36. The summed E-state index contributed by atoms with van der Waals surface area (Å²) in [6.45, 7) is 5.57. The van der Waals surface area contributed by atoms with E-state index >= 15 is 0 Å². The highest BCUT2D eigenvalue weighted by atomic mass is 15.3. The number of para-hydroxylation sites is 1. The molecule has 2 aromatic heterocycles. The molecule has 5 rings (SSSR count). The summed E-state index contributed by atoms with van der Waals surface area (Å²) >= 11 is 0. The quantitative estimate of drug-likeness (QED) is 0.629. The van der Waals surface area contributed by atoms with Crippen LogP contribution in [0.4, 0.5) is 0 Å². The Bertz CT molecular complexity index is 939. The van der Waals surface area contributed by atoms with Crippen molar-refractivity contribution in [3.8, 4) is 0 Å². The molecule has 0 N–H and O–H groups in total. The van der Waals surface area contributed by atoms with E-state index in [1.54, 1.807) is 0 Å². The number of fused-ring (bicyclic) bond motifs is 3. The predicted octanol–water partition coefficient (Wildman–Crippen LogP) is 4.61. The van der Waals surface area contributed by atoms with Gasteiger partial charge in [-0.15, -0.1) is 10.2 Å². The average molecular weight is 378 g/mol. The van der Waals surface area contributed by atoms with Crippen LogP contribution < -0.4 is 0 Å². The molecule has 3 atom stereocenters. The van der Waals surface area contributed by atoms with Crippen LogP contribution >= 0.6 is 0 Å². The maximum absolute atomic E-state index is 4.35. The Balaban J connectivity index is 1.30. The Labute approximate surface area is 167 Å². The lowest BCUT2D eigenvalue weighted by atomic mass is 10.0. The van der Waals surface area contributed by atoms with E-state index in [9.17, 15) is 0 Å². The fourth-order valence-electron chi connectivity index (χ4n) is 5.61. The average Bonchev–Trinajstić information content (AvgIpc) is 3.37. The van der Waals surface area contributed by atoms with Crippen molar-refractivity contribution in [2.45, 2.75) is 76.5 Å². The van der Waals surface area contributed by atoms with Crippen molar-refractivity contribution in [2.75, 3.05) is 6.54 Å². The summed E-state index contributed by atoms with van der Waals surface area (Å²) in [7, 11) is 0. The molecule has 2 aliphatic heterocycles. The summed E-state index contributed by atoms with van der Waals surface area (Å²) in [5.74, 6) is 1.13. The number of rotatable bonds is 6. The summed E-state index contributed by atoms with van der Waals surface area (Å²) in [6, 6.07) is 13.6. The van der Waals surface area contributed by atoms with E-state index in [4.69, 9.17) is 0 Å². The Morgan fingerprint density at radius 2 is 2.00 bits per heavy atom. The largest absolute Gasteiger partial charge is 0.343 e. The third kappa shape index (κ3) is 3.06. The molecule has 0 aliphatic carbocycles. The van der Waals surface area contributed by atoms with Gasteiger partial charge in [0.25, 0.3) is 0 Å². The van der Waals surface area contributed by atoms with Crippen molar-refractivity contribution >= 4 is 10.9 Å². The van der Waals surface area contributed by atoms with Gasteiger partial charge in [0.2, 0.25) is 0 Å². The molecule has 3 aromatic rings. The minimum atomic E-state index is 0.433. The van der Waals surface area contributed by atoms with Crippen molar-refractivity contribution in [2.24, 2.45) is 0 Å². The lowest BCUT2D eigenvalue weighted by Crippen LogP contribution is -2.42. The highest BCUT2D eigenvalue weighted by Crippen LogP contribution is 2.43. The Morgan fingerprint density at radius 1 is 1.11 bits per heavy atom. The first kappa shape index (κ1) is 17.9. The first-order valence-corrected chi connectivity index (χ1v) is 10.9. The summed E-state index contributed by atoms with van der Waals surface area (Å²) in [5, 5.41) is 9.84. The molecule has 2 bridgehead atoms. The van der Waals surface area contributed by atoms with E-state index in [0.29, 0.717) is 18.1 Å². The van der Waals surface area contributed by atoms with Crippen molar-refractivity contribution in [1.29, 1.82) is 0 Å². The minimum absolute atomic E-state index is 0.433. The van der Waals surface area contributed by atoms with Gasteiger partial charge in [0, 0.05) is 36.3 Å². The summed E-state index contributed by atoms with van der Waals surface area (Å²) in [6.07, 6.45) is 11.7. The Hall–Kier alpha value is -2.14. The highest BCUT2D eigenvalue weighted by molar-refractivity contribution is 5.80. The monoisotopic (exact) mass is 377 g/mol. The number of aromatic nitrogens is 4. The molecule has 0 spiro atoms. The van der Waals surface area contributed by atoms with Crippen LogP contribution in [0.3, 0.4) is 0 Å². The smallest absolute Gasteiger partial charge is 0.133 e. The zero-order valence-corrected chi connectivity index (χ0v) is 17.0. The van der Waals surface area contributed by atoms with E-state index in [1.165, 1.54) is 43.1 Å². The standard InChI is InChI=1S/C23H31N5/c1-17(2)28-16-24-25-23(28)11-6-13-26-19-8-5-10-21(26)22(15-19)27-14-12-18-7-3-4-9-20(18)27/h3-4,7,9,12,14,16-17,19,21-22H,5-6,8,10-11,13,15H2,1-2H3. The lowest BCUT2D eigenvalue weighted by Gasteiger charge is -2.36. The zero-order valence-electron chi connectivity index (χ0n) is 17.0. The second-order valence-electron chi connectivity index (χ2n) is 8.83. The van der Waals surface area contributed by atoms with Gasteiger partial charge in [0.05, 0.1) is 6.04 Å². The third-order valence-electron chi connectivity index (χ3n) is 6.90. The lowest BCUT2D eigenvalue weighted by molar-refractivity contribution is 0.128. The van der Waals surface area contributed by atoms with E-state index in [-0.39, 0.29) is 0 Å². The van der Waals surface area contributed by atoms with Crippen LogP contribution in [0, 0.1) is 0 Å². The molecule has 3 unspecified atom stereocenters. The number of hydrogen-bond donors (Lipinski definition) is 0. The maximum Gasteiger partial charge on any atom is 0.133 e. The molecule has 5 heteroatoms. The van der Waals surface area contributed by atoms with Crippen LogP contribution in [-0.4, -0.2) is 42.9 Å². The van der Waals surface area contributed by atoms with Gasteiger partial charge in [-0.1, -0.05) is 24.6 Å². The number of aryl methyl sites for hydroxylation is 1. The maximum atomic E-state index is 4.35. The van der Waals surface area contributed by atoms with Gasteiger partial charge in [-0.05, 0) is 63.6 Å². The van der Waals surface area contributed by atoms with Crippen LogP contribution in [-0.2, 0) is 6.42 Å². The van der Waals surface area contributed by atoms with E-state index in [0.717, 1.165) is 24.7 Å². The molecule has 2 fully saturated rings. The van der Waals surface area contributed by atoms with E-state index in [2.05, 4.69) is 74.6 Å². The number of piperidine rings is 1. The molecular formula is C23H31N5. The summed E-state index contributed by atoms with van der Waals surface area (Å²) in [4.78, 5) is 2.82. The van der Waals surface area contributed by atoms with Crippen LogP contribution in [0.25, 0.3) is 10.9 Å². The van der Waals surface area contributed by atoms with Crippen molar-refractivity contribution < 1.29 is 0 Å². The van der Waals surface area contributed by atoms with Gasteiger partial charge >= 0.3 is 0 Å². The molecule has 0 amide bonds. The van der Waals surface area contributed by atoms with Crippen LogP contribution in [0.2, 0.25) is 0 Å². The molecule has 4 heterocycles. The normalized spacial score (nSPS) is 25.2. The Kier molecular flexibility index (Phi) is 4.71. The van der Waals surface area contributed by atoms with Crippen molar-refractivity contribution in [3.63, 3.8) is 0 Å². The van der Waals surface area contributed by atoms with Crippen LogP contribution in [0.15, 0.2) is 42.9 Å². The minimum Gasteiger partial charge on any atom is -0.343 e. The molecule has 1 aromatic carbocycles. The van der Waals surface area contributed by atoms with Gasteiger partial charge in [-0.2, -0.15) is 0 Å². The number of nitrogens with zero attached hydrogens (tertiary/aromatic N) is 5. The van der Waals surface area contributed by atoms with Gasteiger partial charge in [0.15, 0.2) is 0 Å². The predicted molar refractivity (Wildman–Crippen MR) is 112 cm³/mol. The van der Waals surface area contributed by atoms with Gasteiger partial charge in [0.1, 0.15) is 12.2 Å². The van der Waals surface area contributed by atoms with E-state index in [1.807, 2.05) is 6.33 Å². The fraction of sp³-hybridized carbons (Fsp3) is 0.565. The SMILES string of the molecule is CC(C)n1cnnc1CCCN1C2CCCC1C(n1ccc3ccccc31)C2. The van der Waals surface area contributed by atoms with Gasteiger partial charge in [-0.3, -0.25) is 4.90 Å². The van der Waals surface area contributed by atoms with E-state index < -0.39 is 0 Å². The van der Waals surface area contributed by atoms with Crippen LogP contribution in [0.5, 0.6) is 0 Å². The summed E-state index contributed by atoms with van der Waals surface area (Å²) < 4.78 is 4.77.